The number of aryl methyl sites for hydroxylation is 2. The van der Waals surface area contributed by atoms with Crippen LogP contribution in [0.25, 0.3) is 43.5 Å². The molecule has 0 aliphatic rings. The van der Waals surface area contributed by atoms with E-state index in [9.17, 15) is 19.2 Å². The molecule has 7 aromatic rings. The number of carbonyl (C=O) groups excluding carboxylic acids is 2. The van der Waals surface area contributed by atoms with E-state index in [0.29, 0.717) is 21.9 Å². The maximum Gasteiger partial charge on any atom is 0.349 e. The molecule has 0 unspecified atom stereocenters. The van der Waals surface area contributed by atoms with E-state index in [1.807, 2.05) is 62.4 Å². The summed E-state index contributed by atoms with van der Waals surface area (Å²) in [6.45, 7) is 3.92. The molecule has 45 heavy (non-hydrogen) atoms. The zero-order chi connectivity index (χ0) is 31.4. The monoisotopic (exact) mass is 614 g/mol. The van der Waals surface area contributed by atoms with E-state index in [4.69, 9.17) is 20.4 Å². The van der Waals surface area contributed by atoms with Gasteiger partial charge in [0.05, 0.1) is 10.7 Å². The lowest BCUT2D eigenvalue weighted by atomic mass is 10.0. The summed E-state index contributed by atoms with van der Waals surface area (Å²) in [5, 5.41) is 10.3. The van der Waals surface area contributed by atoms with Crippen molar-refractivity contribution in [3.05, 3.63) is 139 Å². The maximum atomic E-state index is 13.2. The third kappa shape index (κ3) is 5.11. The third-order valence-corrected chi connectivity index (χ3v) is 8.06. The van der Waals surface area contributed by atoms with Crippen molar-refractivity contribution in [2.75, 3.05) is 10.6 Å². The molecule has 8 nitrogen and oxygen atoms in total. The van der Waals surface area contributed by atoms with Crippen molar-refractivity contribution in [1.82, 2.24) is 0 Å². The summed E-state index contributed by atoms with van der Waals surface area (Å²) in [6, 6.07) is 26.4. The second-order valence-corrected chi connectivity index (χ2v) is 11.3. The van der Waals surface area contributed by atoms with Gasteiger partial charge < -0.3 is 19.5 Å². The van der Waals surface area contributed by atoms with E-state index in [1.165, 1.54) is 30.3 Å². The lowest BCUT2D eigenvalue weighted by molar-refractivity contribution is 0.101. The molecule has 0 bridgehead atoms. The molecule has 5 aromatic carbocycles. The lowest BCUT2D eigenvalue weighted by Gasteiger charge is -2.11. The van der Waals surface area contributed by atoms with Crippen molar-refractivity contribution in [1.29, 1.82) is 0 Å². The molecule has 220 valence electrons. The van der Waals surface area contributed by atoms with Crippen LogP contribution in [-0.2, 0) is 0 Å². The number of amides is 2. The molecule has 0 atom stereocenters. The minimum atomic E-state index is -0.788. The fraction of sp³-hybridized carbons (Fsp3) is 0.0556. The summed E-state index contributed by atoms with van der Waals surface area (Å²) < 4.78 is 10.9. The Morgan fingerprint density at radius 1 is 0.578 bits per heavy atom. The van der Waals surface area contributed by atoms with Crippen LogP contribution in [0.3, 0.4) is 0 Å². The van der Waals surface area contributed by atoms with Crippen LogP contribution in [0.15, 0.2) is 109 Å². The van der Waals surface area contributed by atoms with Gasteiger partial charge in [-0.15, -0.1) is 0 Å². The molecule has 0 spiro atoms. The smallest absolute Gasteiger partial charge is 0.349 e. The van der Waals surface area contributed by atoms with Crippen molar-refractivity contribution in [3.63, 3.8) is 0 Å². The van der Waals surface area contributed by atoms with Gasteiger partial charge in [0.15, 0.2) is 0 Å². The minimum absolute atomic E-state index is 0.0967. The molecular formula is C36H23ClN2O6. The number of nitrogens with one attached hydrogen (secondary N) is 2. The summed E-state index contributed by atoms with van der Waals surface area (Å²) in [5.41, 5.74) is 1.37. The highest BCUT2D eigenvalue weighted by atomic mass is 35.5. The summed E-state index contributed by atoms with van der Waals surface area (Å²) >= 11 is 6.46. The topological polar surface area (TPSA) is 119 Å². The molecular weight excluding hydrogens is 592 g/mol. The first-order valence-electron chi connectivity index (χ1n) is 14.0. The molecule has 0 saturated carbocycles. The van der Waals surface area contributed by atoms with Crippen molar-refractivity contribution in [3.8, 4) is 0 Å². The predicted molar refractivity (Wildman–Crippen MR) is 177 cm³/mol. The summed E-state index contributed by atoms with van der Waals surface area (Å²) in [4.78, 5) is 51.8. The van der Waals surface area contributed by atoms with E-state index in [0.717, 1.165) is 32.7 Å². The van der Waals surface area contributed by atoms with Gasteiger partial charge in [0.1, 0.15) is 22.3 Å². The number of rotatable bonds is 4. The van der Waals surface area contributed by atoms with Crippen molar-refractivity contribution in [2.45, 2.75) is 13.8 Å². The molecule has 7 rings (SSSR count). The lowest BCUT2D eigenvalue weighted by Crippen LogP contribution is -2.21. The summed E-state index contributed by atoms with van der Waals surface area (Å²) in [6.07, 6.45) is 0. The molecule has 0 radical (unpaired) electrons. The Bertz CT molecular complexity index is 2510. The Morgan fingerprint density at radius 3 is 1.58 bits per heavy atom. The number of hydrogen-bond donors (Lipinski definition) is 2. The van der Waals surface area contributed by atoms with Gasteiger partial charge in [0.25, 0.3) is 11.8 Å². The van der Waals surface area contributed by atoms with Gasteiger partial charge in [0, 0.05) is 16.5 Å². The fourth-order valence-electron chi connectivity index (χ4n) is 5.46. The maximum absolute atomic E-state index is 13.2. The Balaban J connectivity index is 1.15. The Hall–Kier alpha value is -5.73. The predicted octanol–water partition coefficient (Wildman–Crippen LogP) is 7.98. The van der Waals surface area contributed by atoms with Crippen LogP contribution < -0.4 is 21.9 Å². The first-order valence-corrected chi connectivity index (χ1v) is 14.4. The van der Waals surface area contributed by atoms with Gasteiger partial charge in [-0.05, 0) is 77.9 Å². The van der Waals surface area contributed by atoms with Crippen molar-refractivity contribution < 1.29 is 18.4 Å². The first-order chi connectivity index (χ1) is 21.6. The molecule has 0 aliphatic carbocycles. The van der Waals surface area contributed by atoms with E-state index in [1.54, 1.807) is 12.1 Å². The SMILES string of the molecule is Cc1ccc2ccc3oc(=O)c(C(=O)Nc4ccc(NC(=O)c5cc6c(ccc7ccc(C)cc76)oc5=O)c(Cl)c4)cc3c2c1. The van der Waals surface area contributed by atoms with Gasteiger partial charge in [-0.25, -0.2) is 9.59 Å². The van der Waals surface area contributed by atoms with E-state index < -0.39 is 23.1 Å². The van der Waals surface area contributed by atoms with Gasteiger partial charge in [-0.2, -0.15) is 0 Å². The molecule has 0 aliphatic heterocycles. The van der Waals surface area contributed by atoms with E-state index >= 15 is 0 Å². The fourth-order valence-corrected chi connectivity index (χ4v) is 5.69. The van der Waals surface area contributed by atoms with E-state index in [-0.39, 0.29) is 27.5 Å². The highest BCUT2D eigenvalue weighted by Gasteiger charge is 2.19. The molecule has 2 heterocycles. The second-order valence-electron chi connectivity index (χ2n) is 10.9. The summed E-state index contributed by atoms with van der Waals surface area (Å²) in [5.74, 6) is -1.38. The number of hydrogen-bond acceptors (Lipinski definition) is 6. The average molecular weight is 615 g/mol. The molecule has 2 N–H and O–H groups in total. The van der Waals surface area contributed by atoms with Crippen LogP contribution in [0.1, 0.15) is 31.8 Å². The van der Waals surface area contributed by atoms with Gasteiger partial charge in [-0.1, -0.05) is 71.3 Å². The molecule has 0 saturated heterocycles. The molecule has 2 aromatic heterocycles. The van der Waals surface area contributed by atoms with Crippen molar-refractivity contribution in [2.24, 2.45) is 0 Å². The zero-order valence-corrected chi connectivity index (χ0v) is 24.7. The van der Waals surface area contributed by atoms with E-state index in [2.05, 4.69) is 10.6 Å². The third-order valence-electron chi connectivity index (χ3n) is 7.74. The molecule has 9 heteroatoms. The highest BCUT2D eigenvalue weighted by molar-refractivity contribution is 6.34. The van der Waals surface area contributed by atoms with Crippen LogP contribution in [-0.4, -0.2) is 11.8 Å². The second kappa shape index (κ2) is 10.8. The Morgan fingerprint density at radius 2 is 1.07 bits per heavy atom. The standard InChI is InChI=1S/C36H23ClN2O6/c1-18-3-5-20-7-11-31-25(23(20)13-18)16-27(35(42)44-31)33(40)38-22-9-10-30(29(37)15-22)39-34(41)28-17-26-24-14-19(2)4-6-21(24)8-12-32(26)45-36(28)43/h3-17H,1-2H3,(H,38,40)(H,39,41). The van der Waals surface area contributed by atoms with Gasteiger partial charge in [0.2, 0.25) is 0 Å². The highest BCUT2D eigenvalue weighted by Crippen LogP contribution is 2.30. The molecule has 0 fully saturated rings. The Labute approximate surface area is 259 Å². The average Bonchev–Trinajstić information content (AvgIpc) is 3.01. The zero-order valence-electron chi connectivity index (χ0n) is 24.0. The van der Waals surface area contributed by atoms with Crippen LogP contribution in [0.5, 0.6) is 0 Å². The van der Waals surface area contributed by atoms with Crippen LogP contribution >= 0.6 is 11.6 Å². The van der Waals surface area contributed by atoms with Crippen molar-refractivity contribution >= 4 is 78.3 Å². The number of carbonyl (C=O) groups is 2. The van der Waals surface area contributed by atoms with Crippen LogP contribution in [0, 0.1) is 13.8 Å². The Kier molecular flexibility index (Phi) is 6.71. The van der Waals surface area contributed by atoms with Crippen LogP contribution in [0.4, 0.5) is 11.4 Å². The number of benzene rings is 5. The number of anilines is 2. The number of halogens is 1. The van der Waals surface area contributed by atoms with Gasteiger partial charge >= 0.3 is 11.3 Å². The normalized spacial score (nSPS) is 11.4. The first kappa shape index (κ1) is 28.1. The summed E-state index contributed by atoms with van der Waals surface area (Å²) in [7, 11) is 0. The largest absolute Gasteiger partial charge is 0.422 e. The minimum Gasteiger partial charge on any atom is -0.422 e. The quantitative estimate of drug-likeness (QED) is 0.153. The molecule has 2 amide bonds. The number of fused-ring (bicyclic) bond motifs is 6. The van der Waals surface area contributed by atoms with Gasteiger partial charge in [-0.3, -0.25) is 9.59 Å². The van der Waals surface area contributed by atoms with Crippen LogP contribution in [0.2, 0.25) is 5.02 Å².